The van der Waals surface area contributed by atoms with Crippen molar-refractivity contribution in [2.24, 2.45) is 0 Å². The fraction of sp³-hybridized carbons (Fsp3) is 0.357. The second kappa shape index (κ2) is 8.71. The molecule has 0 saturated heterocycles. The fourth-order valence-electron chi connectivity index (χ4n) is 1.45. The summed E-state index contributed by atoms with van der Waals surface area (Å²) >= 11 is 0. The zero-order valence-corrected chi connectivity index (χ0v) is 11.9. The molecule has 120 valence electrons. The lowest BCUT2D eigenvalue weighted by atomic mass is 10.2. The summed E-state index contributed by atoms with van der Waals surface area (Å²) in [7, 11) is 0. The largest absolute Gasteiger partial charge is 0.452 e. The third kappa shape index (κ3) is 5.47. The molecule has 0 bridgehead atoms. The minimum atomic E-state index is -1.29. The third-order valence-electron chi connectivity index (χ3n) is 2.52. The highest BCUT2D eigenvalue weighted by molar-refractivity contribution is 5.92. The average Bonchev–Trinajstić information content (AvgIpc) is 2.48. The Morgan fingerprint density at radius 2 is 1.73 bits per heavy atom. The number of esters is 1. The van der Waals surface area contributed by atoms with Crippen LogP contribution in [0.1, 0.15) is 23.7 Å². The highest BCUT2D eigenvalue weighted by Gasteiger charge is 2.19. The molecule has 1 rings (SSSR count). The molecule has 6 nitrogen and oxygen atoms in total. The normalized spacial score (nSPS) is 9.95. The Bertz CT molecular complexity index is 544. The molecule has 0 heterocycles. The molecule has 0 saturated carbocycles. The number of amides is 2. The number of carbonyl (C=O) groups is 3. The van der Waals surface area contributed by atoms with Gasteiger partial charge in [0.2, 0.25) is 5.91 Å². The zero-order valence-electron chi connectivity index (χ0n) is 11.9. The van der Waals surface area contributed by atoms with Gasteiger partial charge in [0.1, 0.15) is 17.2 Å². The number of hydrogen-bond donors (Lipinski definition) is 2. The van der Waals surface area contributed by atoms with Crippen LogP contribution < -0.4 is 10.6 Å². The van der Waals surface area contributed by atoms with Crippen LogP contribution in [0.3, 0.4) is 0 Å². The van der Waals surface area contributed by atoms with Crippen molar-refractivity contribution >= 4 is 17.8 Å². The number of benzene rings is 1. The third-order valence-corrected chi connectivity index (χ3v) is 2.52. The summed E-state index contributed by atoms with van der Waals surface area (Å²) in [6.45, 7) is 1.34. The fourth-order valence-corrected chi connectivity index (χ4v) is 1.45. The second-order valence-corrected chi connectivity index (χ2v) is 4.30. The Balaban J connectivity index is 2.41. The first-order valence-corrected chi connectivity index (χ1v) is 6.60. The minimum Gasteiger partial charge on any atom is -0.452 e. The molecule has 0 aliphatic heterocycles. The summed E-state index contributed by atoms with van der Waals surface area (Å²) in [5.74, 6) is -4.59. The van der Waals surface area contributed by atoms with Crippen LogP contribution in [0.25, 0.3) is 0 Å². The van der Waals surface area contributed by atoms with Gasteiger partial charge in [0, 0.05) is 6.54 Å². The minimum absolute atomic E-state index is 0.273. The zero-order chi connectivity index (χ0) is 16.5. The Morgan fingerprint density at radius 1 is 1.09 bits per heavy atom. The van der Waals surface area contributed by atoms with Gasteiger partial charge >= 0.3 is 5.97 Å². The Labute approximate surface area is 125 Å². The van der Waals surface area contributed by atoms with Gasteiger partial charge in [-0.15, -0.1) is 0 Å². The van der Waals surface area contributed by atoms with E-state index in [1.54, 1.807) is 0 Å². The summed E-state index contributed by atoms with van der Waals surface area (Å²) in [5, 5.41) is 4.74. The molecule has 22 heavy (non-hydrogen) atoms. The molecule has 0 unspecified atom stereocenters. The van der Waals surface area contributed by atoms with E-state index in [1.807, 2.05) is 6.92 Å². The van der Waals surface area contributed by atoms with Crippen molar-refractivity contribution in [1.82, 2.24) is 10.6 Å². The van der Waals surface area contributed by atoms with Gasteiger partial charge in [0.15, 0.2) is 6.61 Å². The number of hydrogen-bond acceptors (Lipinski definition) is 4. The molecule has 0 aliphatic rings. The van der Waals surface area contributed by atoms with Crippen LogP contribution >= 0.6 is 0 Å². The molecule has 0 aliphatic carbocycles. The second-order valence-electron chi connectivity index (χ2n) is 4.30. The quantitative estimate of drug-likeness (QED) is 0.728. The summed E-state index contributed by atoms with van der Waals surface area (Å²) in [5.41, 5.74) is -0.865. The Hall–Kier alpha value is -2.51. The van der Waals surface area contributed by atoms with Gasteiger partial charge in [-0.05, 0) is 18.6 Å². The van der Waals surface area contributed by atoms with Crippen molar-refractivity contribution in [2.75, 3.05) is 19.7 Å². The van der Waals surface area contributed by atoms with Crippen molar-refractivity contribution in [3.8, 4) is 0 Å². The molecule has 0 spiro atoms. The van der Waals surface area contributed by atoms with Crippen LogP contribution in [0, 0.1) is 11.6 Å². The van der Waals surface area contributed by atoms with Gasteiger partial charge in [-0.2, -0.15) is 0 Å². The summed E-state index contributed by atoms with van der Waals surface area (Å²) < 4.78 is 31.1. The van der Waals surface area contributed by atoms with Crippen molar-refractivity contribution < 1.29 is 27.9 Å². The standard InChI is InChI=1S/C14H16F2N2O4/c1-2-6-17-11(19)7-18-12(20)8-22-14(21)13-9(15)4-3-5-10(13)16/h3-5H,2,6-8H2,1H3,(H,17,19)(H,18,20). The SMILES string of the molecule is CCCNC(=O)CNC(=O)COC(=O)c1c(F)cccc1F. The van der Waals surface area contributed by atoms with E-state index in [-0.39, 0.29) is 12.5 Å². The monoisotopic (exact) mass is 314 g/mol. The lowest BCUT2D eigenvalue weighted by Crippen LogP contribution is -2.39. The molecule has 0 aromatic heterocycles. The molecule has 0 radical (unpaired) electrons. The van der Waals surface area contributed by atoms with E-state index in [0.29, 0.717) is 6.54 Å². The van der Waals surface area contributed by atoms with E-state index < -0.39 is 35.7 Å². The van der Waals surface area contributed by atoms with Gasteiger partial charge in [0.05, 0.1) is 6.54 Å². The molecule has 1 aromatic carbocycles. The van der Waals surface area contributed by atoms with E-state index in [0.717, 1.165) is 24.6 Å². The average molecular weight is 314 g/mol. The molecule has 0 fully saturated rings. The van der Waals surface area contributed by atoms with Crippen molar-refractivity contribution in [3.63, 3.8) is 0 Å². The highest BCUT2D eigenvalue weighted by Crippen LogP contribution is 2.13. The summed E-state index contributed by atoms with van der Waals surface area (Å²) in [6.07, 6.45) is 0.755. The van der Waals surface area contributed by atoms with Crippen LogP contribution in [-0.4, -0.2) is 37.5 Å². The van der Waals surface area contributed by atoms with Crippen LogP contribution in [0.5, 0.6) is 0 Å². The molecule has 2 amide bonds. The first-order valence-electron chi connectivity index (χ1n) is 6.60. The van der Waals surface area contributed by atoms with E-state index in [1.165, 1.54) is 0 Å². The molecule has 2 N–H and O–H groups in total. The van der Waals surface area contributed by atoms with E-state index >= 15 is 0 Å². The molecule has 0 atom stereocenters. The van der Waals surface area contributed by atoms with Gasteiger partial charge in [-0.25, -0.2) is 13.6 Å². The smallest absolute Gasteiger partial charge is 0.344 e. The number of halogens is 2. The Morgan fingerprint density at radius 3 is 2.32 bits per heavy atom. The van der Waals surface area contributed by atoms with Crippen molar-refractivity contribution in [3.05, 3.63) is 35.4 Å². The van der Waals surface area contributed by atoms with Crippen molar-refractivity contribution in [1.29, 1.82) is 0 Å². The lowest BCUT2D eigenvalue weighted by molar-refractivity contribution is -0.127. The van der Waals surface area contributed by atoms with Gasteiger partial charge in [-0.1, -0.05) is 13.0 Å². The van der Waals surface area contributed by atoms with Gasteiger partial charge in [0.25, 0.3) is 5.91 Å². The van der Waals surface area contributed by atoms with Gasteiger partial charge in [-0.3, -0.25) is 9.59 Å². The lowest BCUT2D eigenvalue weighted by Gasteiger charge is -2.08. The molecule has 1 aromatic rings. The number of nitrogens with one attached hydrogen (secondary N) is 2. The Kier molecular flexibility index (Phi) is 6.94. The van der Waals surface area contributed by atoms with Crippen LogP contribution in [0.15, 0.2) is 18.2 Å². The predicted molar refractivity (Wildman–Crippen MR) is 73.0 cm³/mol. The first-order chi connectivity index (χ1) is 10.5. The maximum absolute atomic E-state index is 13.3. The van der Waals surface area contributed by atoms with E-state index in [9.17, 15) is 23.2 Å². The first kappa shape index (κ1) is 17.5. The number of carbonyl (C=O) groups excluding carboxylic acids is 3. The van der Waals surface area contributed by atoms with Crippen LogP contribution in [-0.2, 0) is 14.3 Å². The highest BCUT2D eigenvalue weighted by atomic mass is 19.1. The molecule has 8 heteroatoms. The van der Waals surface area contributed by atoms with E-state index in [2.05, 4.69) is 15.4 Å². The number of ether oxygens (including phenoxy) is 1. The maximum Gasteiger partial charge on any atom is 0.344 e. The van der Waals surface area contributed by atoms with Gasteiger partial charge < -0.3 is 15.4 Å². The van der Waals surface area contributed by atoms with Crippen molar-refractivity contribution in [2.45, 2.75) is 13.3 Å². The predicted octanol–water partition coefficient (Wildman–Crippen LogP) is 0.764. The number of rotatable bonds is 7. The maximum atomic E-state index is 13.3. The molecular weight excluding hydrogens is 298 g/mol. The topological polar surface area (TPSA) is 84.5 Å². The van der Waals surface area contributed by atoms with Crippen LogP contribution in [0.2, 0.25) is 0 Å². The van der Waals surface area contributed by atoms with E-state index in [4.69, 9.17) is 0 Å². The summed E-state index contributed by atoms with van der Waals surface area (Å²) in [6, 6.07) is 2.90. The van der Waals surface area contributed by atoms with Crippen LogP contribution in [0.4, 0.5) is 8.78 Å². The molecular formula is C14H16F2N2O4. The summed E-state index contributed by atoms with van der Waals surface area (Å²) in [4.78, 5) is 34.1.